The van der Waals surface area contributed by atoms with Crippen LogP contribution in [0.1, 0.15) is 23.5 Å². The lowest BCUT2D eigenvalue weighted by molar-refractivity contribution is -0.143. The van der Waals surface area contributed by atoms with Gasteiger partial charge in [0.25, 0.3) is 0 Å². The van der Waals surface area contributed by atoms with Gasteiger partial charge in [0.05, 0.1) is 5.92 Å². The monoisotopic (exact) mass is 406 g/mol. The number of aliphatic carboxylic acids is 1. The summed E-state index contributed by atoms with van der Waals surface area (Å²) in [6.45, 7) is 0.833. The first-order valence-electron chi connectivity index (χ1n) is 9.93. The third kappa shape index (κ3) is 3.69. The highest BCUT2D eigenvalue weighted by atomic mass is 16.6. The number of likely N-dealkylation sites (tertiary alicyclic amines) is 1. The predicted molar refractivity (Wildman–Crippen MR) is 110 cm³/mol. The number of amides is 1. The molecule has 0 saturated carbocycles. The number of carboxylic acid groups (broad SMARTS) is 1. The summed E-state index contributed by atoms with van der Waals surface area (Å²) in [7, 11) is 0. The summed E-state index contributed by atoms with van der Waals surface area (Å²) >= 11 is 0. The van der Waals surface area contributed by atoms with Crippen molar-refractivity contribution in [2.45, 2.75) is 12.3 Å². The van der Waals surface area contributed by atoms with Crippen molar-refractivity contribution in [1.29, 1.82) is 0 Å². The van der Waals surface area contributed by atoms with Gasteiger partial charge in [-0.05, 0) is 40.1 Å². The van der Waals surface area contributed by atoms with Crippen LogP contribution in [0.2, 0.25) is 0 Å². The van der Waals surface area contributed by atoms with Crippen LogP contribution in [0.4, 0.5) is 4.79 Å². The highest BCUT2D eigenvalue weighted by Gasteiger charge is 2.36. The van der Waals surface area contributed by atoms with E-state index in [9.17, 15) is 14.7 Å². The van der Waals surface area contributed by atoms with Gasteiger partial charge in [-0.15, -0.1) is 0 Å². The van der Waals surface area contributed by atoms with Crippen molar-refractivity contribution >= 4 is 12.1 Å². The maximum absolute atomic E-state index is 12.7. The Hall–Kier alpha value is -3.51. The van der Waals surface area contributed by atoms with Gasteiger partial charge in [-0.2, -0.15) is 0 Å². The van der Waals surface area contributed by atoms with E-state index in [-0.39, 0.29) is 31.5 Å². The highest BCUT2D eigenvalue weighted by molar-refractivity contribution is 5.79. The van der Waals surface area contributed by atoms with E-state index in [2.05, 4.69) is 34.3 Å². The van der Waals surface area contributed by atoms with Crippen LogP contribution < -0.4 is 0 Å². The van der Waals surface area contributed by atoms with Crippen LogP contribution in [0.25, 0.3) is 21.6 Å². The molecule has 1 amide bonds. The SMILES string of the molecule is [N-]=[N+]=NC[C@@H](C(=O)O)[C@@H]1CCN(C(=O)OCC2c3ccccc3-c3ccccc32)C1. The van der Waals surface area contributed by atoms with E-state index in [1.807, 2.05) is 24.3 Å². The number of carboxylic acids is 1. The maximum atomic E-state index is 12.7. The Bertz CT molecular complexity index is 972. The molecule has 1 saturated heterocycles. The molecule has 4 rings (SSSR count). The molecule has 8 nitrogen and oxygen atoms in total. The van der Waals surface area contributed by atoms with E-state index < -0.39 is 18.0 Å². The van der Waals surface area contributed by atoms with E-state index in [1.165, 1.54) is 0 Å². The molecule has 154 valence electrons. The third-order valence-electron chi connectivity index (χ3n) is 6.05. The van der Waals surface area contributed by atoms with Crippen LogP contribution in [-0.4, -0.2) is 48.3 Å². The van der Waals surface area contributed by atoms with Crippen LogP contribution in [0.5, 0.6) is 0 Å². The van der Waals surface area contributed by atoms with Gasteiger partial charge < -0.3 is 14.7 Å². The Morgan fingerprint density at radius 2 is 1.80 bits per heavy atom. The lowest BCUT2D eigenvalue weighted by atomic mass is 9.92. The standard InChI is InChI=1S/C22H22N4O4/c23-25-24-11-19(21(27)28)14-9-10-26(12-14)22(29)30-13-20-17-7-3-1-5-15(17)16-6-2-4-8-18(16)20/h1-8,14,19-20H,9-13H2,(H,27,28)/t14-,19-/m1/s1. The number of hydrogen-bond donors (Lipinski definition) is 1. The van der Waals surface area contributed by atoms with Gasteiger partial charge in [-0.25, -0.2) is 4.79 Å². The largest absolute Gasteiger partial charge is 0.481 e. The summed E-state index contributed by atoms with van der Waals surface area (Å²) in [4.78, 5) is 28.3. The Kier molecular flexibility index (Phi) is 5.59. The molecule has 1 aliphatic carbocycles. The molecule has 0 aromatic heterocycles. The predicted octanol–water partition coefficient (Wildman–Crippen LogP) is 4.27. The van der Waals surface area contributed by atoms with E-state index in [1.54, 1.807) is 4.90 Å². The molecular formula is C22H22N4O4. The van der Waals surface area contributed by atoms with Crippen molar-refractivity contribution in [3.8, 4) is 11.1 Å². The van der Waals surface area contributed by atoms with E-state index >= 15 is 0 Å². The van der Waals surface area contributed by atoms with Gasteiger partial charge in [0, 0.05) is 30.5 Å². The summed E-state index contributed by atoms with van der Waals surface area (Å²) in [5.74, 6) is -2.08. The van der Waals surface area contributed by atoms with E-state index in [4.69, 9.17) is 10.3 Å². The average Bonchev–Trinajstić information content (AvgIpc) is 3.36. The number of carbonyl (C=O) groups is 2. The topological polar surface area (TPSA) is 116 Å². The summed E-state index contributed by atoms with van der Waals surface area (Å²) in [5.41, 5.74) is 13.1. The van der Waals surface area contributed by atoms with Gasteiger partial charge >= 0.3 is 12.1 Å². The summed E-state index contributed by atoms with van der Waals surface area (Å²) in [6, 6.07) is 16.3. The number of carbonyl (C=O) groups excluding carboxylic acids is 1. The first-order valence-corrected chi connectivity index (χ1v) is 9.93. The number of benzene rings is 2. The minimum Gasteiger partial charge on any atom is -0.481 e. The number of nitrogens with zero attached hydrogens (tertiary/aromatic N) is 4. The second-order valence-corrected chi connectivity index (χ2v) is 7.66. The van der Waals surface area contributed by atoms with Gasteiger partial charge in [0.1, 0.15) is 6.61 Å². The van der Waals surface area contributed by atoms with Crippen LogP contribution in [-0.2, 0) is 9.53 Å². The zero-order valence-corrected chi connectivity index (χ0v) is 16.3. The van der Waals surface area contributed by atoms with Crippen LogP contribution in [0.15, 0.2) is 53.6 Å². The first-order chi connectivity index (χ1) is 14.6. The molecule has 1 N–H and O–H groups in total. The summed E-state index contributed by atoms with van der Waals surface area (Å²) in [6.07, 6.45) is 0.106. The average molecular weight is 406 g/mol. The van der Waals surface area contributed by atoms with Gasteiger partial charge in [-0.1, -0.05) is 53.6 Å². The van der Waals surface area contributed by atoms with Gasteiger partial charge in [-0.3, -0.25) is 4.79 Å². The molecule has 0 spiro atoms. The Labute approximate surface area is 173 Å². The fourth-order valence-electron chi connectivity index (χ4n) is 4.52. The molecule has 30 heavy (non-hydrogen) atoms. The lowest BCUT2D eigenvalue weighted by Gasteiger charge is -2.21. The fourth-order valence-corrected chi connectivity index (χ4v) is 4.52. The zero-order chi connectivity index (χ0) is 21.1. The Balaban J connectivity index is 1.41. The van der Waals surface area contributed by atoms with Crippen molar-refractivity contribution in [3.05, 3.63) is 70.1 Å². The lowest BCUT2D eigenvalue weighted by Crippen LogP contribution is -2.33. The zero-order valence-electron chi connectivity index (χ0n) is 16.3. The quantitative estimate of drug-likeness (QED) is 0.438. The Morgan fingerprint density at radius 1 is 1.17 bits per heavy atom. The highest BCUT2D eigenvalue weighted by Crippen LogP contribution is 2.44. The minimum atomic E-state index is -1.01. The van der Waals surface area contributed by atoms with Crippen molar-refractivity contribution in [2.24, 2.45) is 17.0 Å². The maximum Gasteiger partial charge on any atom is 0.409 e. The van der Waals surface area contributed by atoms with Crippen molar-refractivity contribution in [2.75, 3.05) is 26.2 Å². The molecule has 0 bridgehead atoms. The van der Waals surface area contributed by atoms with E-state index in [0.29, 0.717) is 13.0 Å². The summed E-state index contributed by atoms with van der Waals surface area (Å²) < 4.78 is 5.65. The number of hydrogen-bond acceptors (Lipinski definition) is 4. The number of rotatable bonds is 6. The van der Waals surface area contributed by atoms with E-state index in [0.717, 1.165) is 22.3 Å². The summed E-state index contributed by atoms with van der Waals surface area (Å²) in [5, 5.41) is 12.8. The molecule has 0 unspecified atom stereocenters. The second kappa shape index (κ2) is 8.47. The molecule has 2 aliphatic rings. The number of azide groups is 1. The third-order valence-corrected chi connectivity index (χ3v) is 6.05. The van der Waals surface area contributed by atoms with Crippen LogP contribution in [0, 0.1) is 11.8 Å². The molecule has 1 fully saturated rings. The number of ether oxygens (including phenoxy) is 1. The smallest absolute Gasteiger partial charge is 0.409 e. The van der Waals surface area contributed by atoms with Gasteiger partial charge in [0.15, 0.2) is 0 Å². The fraction of sp³-hybridized carbons (Fsp3) is 0.364. The van der Waals surface area contributed by atoms with Gasteiger partial charge in [0.2, 0.25) is 0 Å². The van der Waals surface area contributed by atoms with Crippen molar-refractivity contribution < 1.29 is 19.4 Å². The molecule has 1 heterocycles. The normalized spacial score (nSPS) is 18.3. The molecule has 2 aromatic carbocycles. The van der Waals surface area contributed by atoms with Crippen molar-refractivity contribution in [3.63, 3.8) is 0 Å². The molecule has 8 heteroatoms. The van der Waals surface area contributed by atoms with Crippen molar-refractivity contribution in [1.82, 2.24) is 4.90 Å². The minimum absolute atomic E-state index is 0.0171. The van der Waals surface area contributed by atoms with Crippen LogP contribution in [0.3, 0.4) is 0 Å². The first kappa shape index (κ1) is 19.8. The number of fused-ring (bicyclic) bond motifs is 3. The molecule has 2 aromatic rings. The molecule has 0 radical (unpaired) electrons. The Morgan fingerprint density at radius 3 is 2.40 bits per heavy atom. The molecule has 2 atom stereocenters. The molecule has 1 aliphatic heterocycles. The second-order valence-electron chi connectivity index (χ2n) is 7.66. The van der Waals surface area contributed by atoms with Crippen LogP contribution >= 0.6 is 0 Å². The molecular weight excluding hydrogens is 384 g/mol.